The van der Waals surface area contributed by atoms with Gasteiger partial charge >= 0.3 is 0 Å². The van der Waals surface area contributed by atoms with Crippen molar-refractivity contribution in [2.75, 3.05) is 18.5 Å². The predicted octanol–water partition coefficient (Wildman–Crippen LogP) is 3.16. The molecule has 0 heterocycles. The molecule has 106 valence electrons. The first-order valence-electron chi connectivity index (χ1n) is 6.88. The Morgan fingerprint density at radius 3 is 2.25 bits per heavy atom. The molecule has 0 fully saturated rings. The van der Waals surface area contributed by atoms with E-state index in [-0.39, 0.29) is 11.8 Å². The van der Waals surface area contributed by atoms with Gasteiger partial charge in [-0.05, 0) is 35.7 Å². The summed E-state index contributed by atoms with van der Waals surface area (Å²) in [5.74, 6) is 0.618. The van der Waals surface area contributed by atoms with Gasteiger partial charge in [0, 0.05) is 25.3 Å². The fourth-order valence-corrected chi connectivity index (χ4v) is 2.36. The maximum absolute atomic E-state index is 9.32. The minimum absolute atomic E-state index is 0.0239. The molecule has 0 saturated carbocycles. The summed E-state index contributed by atoms with van der Waals surface area (Å²) in [5, 5.41) is 9.32. The van der Waals surface area contributed by atoms with Gasteiger partial charge in [-0.1, -0.05) is 37.3 Å². The number of aromatic hydroxyl groups is 1. The van der Waals surface area contributed by atoms with E-state index in [0.29, 0.717) is 5.92 Å². The molecule has 0 aliphatic heterocycles. The molecule has 0 amide bonds. The first kappa shape index (κ1) is 14.4. The molecule has 2 aromatic carbocycles. The number of hydrogen-bond acceptors (Lipinski definition) is 3. The summed E-state index contributed by atoms with van der Waals surface area (Å²) in [6.45, 7) is 3.02. The maximum Gasteiger partial charge on any atom is 0.115 e. The minimum atomic E-state index is 0.0239. The van der Waals surface area contributed by atoms with Crippen LogP contribution in [0.15, 0.2) is 54.6 Å². The third-order valence-electron chi connectivity index (χ3n) is 3.65. The Balaban J connectivity index is 2.00. The summed E-state index contributed by atoms with van der Waals surface area (Å²) >= 11 is 0. The van der Waals surface area contributed by atoms with Crippen molar-refractivity contribution in [2.45, 2.75) is 13.0 Å². The second kappa shape index (κ2) is 6.44. The van der Waals surface area contributed by atoms with Crippen molar-refractivity contribution in [1.82, 2.24) is 0 Å². The molecule has 0 saturated heterocycles. The maximum atomic E-state index is 9.32. The van der Waals surface area contributed by atoms with Gasteiger partial charge in [0.1, 0.15) is 5.75 Å². The third-order valence-corrected chi connectivity index (χ3v) is 3.65. The third kappa shape index (κ3) is 3.52. The van der Waals surface area contributed by atoms with Crippen molar-refractivity contribution in [1.29, 1.82) is 0 Å². The molecule has 0 aliphatic rings. The van der Waals surface area contributed by atoms with Gasteiger partial charge in [-0.15, -0.1) is 0 Å². The number of phenols is 1. The molecule has 0 aliphatic carbocycles. The highest BCUT2D eigenvalue weighted by Gasteiger charge is 2.16. The monoisotopic (exact) mass is 270 g/mol. The van der Waals surface area contributed by atoms with Gasteiger partial charge in [0.15, 0.2) is 0 Å². The molecule has 3 heteroatoms. The van der Waals surface area contributed by atoms with Crippen LogP contribution in [0, 0.1) is 5.92 Å². The van der Waals surface area contributed by atoms with E-state index in [4.69, 9.17) is 5.73 Å². The molecule has 2 rings (SSSR count). The van der Waals surface area contributed by atoms with Crippen LogP contribution in [0.1, 0.15) is 18.5 Å². The van der Waals surface area contributed by atoms with Crippen LogP contribution in [0.5, 0.6) is 5.75 Å². The van der Waals surface area contributed by atoms with Crippen LogP contribution in [-0.2, 0) is 0 Å². The van der Waals surface area contributed by atoms with E-state index in [0.717, 1.165) is 12.2 Å². The molecule has 2 aromatic rings. The fourth-order valence-electron chi connectivity index (χ4n) is 2.36. The first-order valence-corrected chi connectivity index (χ1v) is 6.88. The average Bonchev–Trinajstić information content (AvgIpc) is 2.48. The van der Waals surface area contributed by atoms with Gasteiger partial charge in [0.2, 0.25) is 0 Å². The Kier molecular flexibility index (Phi) is 4.64. The molecule has 0 spiro atoms. The Morgan fingerprint density at radius 1 is 1.05 bits per heavy atom. The Hall–Kier alpha value is -2.00. The van der Waals surface area contributed by atoms with E-state index in [1.165, 1.54) is 5.56 Å². The lowest BCUT2D eigenvalue weighted by Crippen LogP contribution is -2.31. The number of phenolic OH excluding ortho intramolecular Hbond substituents is 1. The van der Waals surface area contributed by atoms with Crippen molar-refractivity contribution in [2.24, 2.45) is 11.7 Å². The summed E-state index contributed by atoms with van der Waals surface area (Å²) in [4.78, 5) is 2.16. The van der Waals surface area contributed by atoms with Crippen molar-refractivity contribution in [3.05, 3.63) is 60.2 Å². The molecular weight excluding hydrogens is 248 g/mol. The summed E-state index contributed by atoms with van der Waals surface area (Å²) in [5.41, 5.74) is 8.57. The van der Waals surface area contributed by atoms with E-state index < -0.39 is 0 Å². The second-order valence-corrected chi connectivity index (χ2v) is 5.31. The fraction of sp³-hybridized carbons (Fsp3) is 0.294. The summed E-state index contributed by atoms with van der Waals surface area (Å²) in [6, 6.07) is 17.4. The van der Waals surface area contributed by atoms with Crippen LogP contribution >= 0.6 is 0 Å². The molecule has 3 N–H and O–H groups in total. The molecule has 0 aromatic heterocycles. The van der Waals surface area contributed by atoms with Crippen molar-refractivity contribution in [3.8, 4) is 5.75 Å². The highest BCUT2D eigenvalue weighted by Crippen LogP contribution is 2.23. The first-order chi connectivity index (χ1) is 9.58. The van der Waals surface area contributed by atoms with Crippen molar-refractivity contribution < 1.29 is 5.11 Å². The highest BCUT2D eigenvalue weighted by atomic mass is 16.3. The number of rotatable bonds is 5. The number of nitrogens with two attached hydrogens (primary N) is 1. The molecular formula is C17H22N2O. The van der Waals surface area contributed by atoms with E-state index in [2.05, 4.69) is 24.0 Å². The van der Waals surface area contributed by atoms with E-state index in [9.17, 15) is 5.11 Å². The van der Waals surface area contributed by atoms with Crippen LogP contribution in [0.25, 0.3) is 0 Å². The SMILES string of the molecule is CC(CN(C)c1ccc(O)cc1)C(N)c1ccccc1. The quantitative estimate of drug-likeness (QED) is 0.877. The molecule has 3 nitrogen and oxygen atoms in total. The van der Waals surface area contributed by atoms with Crippen LogP contribution in [0.4, 0.5) is 5.69 Å². The topological polar surface area (TPSA) is 49.5 Å². The standard InChI is InChI=1S/C17H22N2O/c1-13(17(18)14-6-4-3-5-7-14)12-19(2)15-8-10-16(20)11-9-15/h3-11,13,17,20H,12,18H2,1-2H3. The van der Waals surface area contributed by atoms with Crippen molar-refractivity contribution >= 4 is 5.69 Å². The van der Waals surface area contributed by atoms with Crippen LogP contribution in [0.2, 0.25) is 0 Å². The number of anilines is 1. The zero-order valence-corrected chi connectivity index (χ0v) is 12.0. The van der Waals surface area contributed by atoms with Crippen LogP contribution in [-0.4, -0.2) is 18.7 Å². The molecule has 2 unspecified atom stereocenters. The van der Waals surface area contributed by atoms with Crippen LogP contribution in [0.3, 0.4) is 0 Å². The molecule has 0 bridgehead atoms. The normalized spacial score (nSPS) is 13.8. The van der Waals surface area contributed by atoms with Gasteiger partial charge < -0.3 is 15.7 Å². The van der Waals surface area contributed by atoms with Gasteiger partial charge in [0.05, 0.1) is 0 Å². The van der Waals surface area contributed by atoms with E-state index >= 15 is 0 Å². The summed E-state index contributed by atoms with van der Waals surface area (Å²) in [6.07, 6.45) is 0. The largest absolute Gasteiger partial charge is 0.508 e. The Morgan fingerprint density at radius 2 is 1.65 bits per heavy atom. The summed E-state index contributed by atoms with van der Waals surface area (Å²) < 4.78 is 0. The summed E-state index contributed by atoms with van der Waals surface area (Å²) in [7, 11) is 2.04. The van der Waals surface area contributed by atoms with Gasteiger partial charge in [-0.25, -0.2) is 0 Å². The van der Waals surface area contributed by atoms with E-state index in [1.54, 1.807) is 12.1 Å². The number of nitrogens with zero attached hydrogens (tertiary/aromatic N) is 1. The Bertz CT molecular complexity index is 524. The average molecular weight is 270 g/mol. The molecule has 20 heavy (non-hydrogen) atoms. The van der Waals surface area contributed by atoms with Crippen LogP contribution < -0.4 is 10.6 Å². The smallest absolute Gasteiger partial charge is 0.115 e. The molecule has 0 radical (unpaired) electrons. The van der Waals surface area contributed by atoms with Gasteiger partial charge in [-0.3, -0.25) is 0 Å². The lowest BCUT2D eigenvalue weighted by atomic mass is 9.95. The highest BCUT2D eigenvalue weighted by molar-refractivity contribution is 5.48. The zero-order valence-electron chi connectivity index (χ0n) is 12.0. The van der Waals surface area contributed by atoms with Gasteiger partial charge in [0.25, 0.3) is 0 Å². The lowest BCUT2D eigenvalue weighted by molar-refractivity contribution is 0.470. The lowest BCUT2D eigenvalue weighted by Gasteiger charge is -2.27. The number of hydrogen-bond donors (Lipinski definition) is 2. The zero-order chi connectivity index (χ0) is 14.5. The second-order valence-electron chi connectivity index (χ2n) is 5.31. The van der Waals surface area contributed by atoms with Crippen molar-refractivity contribution in [3.63, 3.8) is 0 Å². The Labute approximate surface area is 120 Å². The number of benzene rings is 2. The predicted molar refractivity (Wildman–Crippen MR) is 83.9 cm³/mol. The minimum Gasteiger partial charge on any atom is -0.508 e. The van der Waals surface area contributed by atoms with E-state index in [1.807, 2.05) is 37.4 Å². The van der Waals surface area contributed by atoms with Gasteiger partial charge in [-0.2, -0.15) is 0 Å². The molecule has 2 atom stereocenters.